The van der Waals surface area contributed by atoms with E-state index in [1.807, 2.05) is 34.0 Å². The van der Waals surface area contributed by atoms with Crippen molar-refractivity contribution in [2.24, 2.45) is 7.05 Å². The molecule has 0 saturated carbocycles. The summed E-state index contributed by atoms with van der Waals surface area (Å²) in [5.41, 5.74) is 3.27. The summed E-state index contributed by atoms with van der Waals surface area (Å²) in [6.07, 6.45) is 2.87. The van der Waals surface area contributed by atoms with Crippen LogP contribution in [0.15, 0.2) is 6.20 Å². The maximum Gasteiger partial charge on any atom is 0.341 e. The lowest BCUT2D eigenvalue weighted by Crippen LogP contribution is -2.14. The number of carbonyl (C=O) groups is 2. The highest BCUT2D eigenvalue weighted by Gasteiger charge is 2.21. The number of nitrogens with one attached hydrogen (secondary N) is 1. The largest absolute Gasteiger partial charge is 0.465 e. The van der Waals surface area contributed by atoms with Gasteiger partial charge in [0.15, 0.2) is 0 Å². The van der Waals surface area contributed by atoms with Crippen LogP contribution in [0.5, 0.6) is 0 Å². The average molecular weight is 335 g/mol. The van der Waals surface area contributed by atoms with Crippen LogP contribution >= 0.6 is 11.3 Å². The minimum Gasteiger partial charge on any atom is -0.465 e. The van der Waals surface area contributed by atoms with Crippen molar-refractivity contribution in [3.63, 3.8) is 0 Å². The summed E-state index contributed by atoms with van der Waals surface area (Å²) in [6, 6.07) is 0. The van der Waals surface area contributed by atoms with Gasteiger partial charge in [0, 0.05) is 24.5 Å². The molecule has 0 aromatic carbocycles. The number of hydrogen-bond donors (Lipinski definition) is 1. The second-order valence-electron chi connectivity index (χ2n) is 5.44. The Bertz CT molecular complexity index is 746. The lowest BCUT2D eigenvalue weighted by Gasteiger charge is -2.06. The summed E-state index contributed by atoms with van der Waals surface area (Å²) >= 11 is 1.39. The van der Waals surface area contributed by atoms with Crippen LogP contribution in [0.1, 0.15) is 38.5 Å². The zero-order chi connectivity index (χ0) is 17.1. The summed E-state index contributed by atoms with van der Waals surface area (Å²) in [6.45, 7) is 5.70. The van der Waals surface area contributed by atoms with Gasteiger partial charge in [0.1, 0.15) is 5.00 Å². The van der Waals surface area contributed by atoms with Crippen LogP contribution in [0.2, 0.25) is 0 Å². The first-order chi connectivity index (χ1) is 10.8. The molecule has 6 nitrogen and oxygen atoms in total. The SMILES string of the molecule is COC(=O)c1c(NC(=O)CCc2cn(C)nc2C)sc(C)c1C. The van der Waals surface area contributed by atoms with Gasteiger partial charge in [-0.05, 0) is 38.3 Å². The molecule has 23 heavy (non-hydrogen) atoms. The van der Waals surface area contributed by atoms with Crippen molar-refractivity contribution < 1.29 is 14.3 Å². The Morgan fingerprint density at radius 1 is 1.35 bits per heavy atom. The molecule has 0 atom stereocenters. The maximum atomic E-state index is 12.2. The average Bonchev–Trinajstić information content (AvgIpc) is 2.95. The number of aromatic nitrogens is 2. The van der Waals surface area contributed by atoms with E-state index in [0.29, 0.717) is 23.4 Å². The summed E-state index contributed by atoms with van der Waals surface area (Å²) in [5, 5.41) is 7.65. The van der Waals surface area contributed by atoms with Gasteiger partial charge >= 0.3 is 5.97 Å². The molecule has 0 bridgehead atoms. The number of methoxy groups -OCH3 is 1. The van der Waals surface area contributed by atoms with Gasteiger partial charge in [0.05, 0.1) is 18.4 Å². The van der Waals surface area contributed by atoms with Gasteiger partial charge in [-0.15, -0.1) is 11.3 Å². The van der Waals surface area contributed by atoms with Crippen molar-refractivity contribution in [2.75, 3.05) is 12.4 Å². The lowest BCUT2D eigenvalue weighted by molar-refractivity contribution is -0.116. The van der Waals surface area contributed by atoms with Crippen LogP contribution in [0.4, 0.5) is 5.00 Å². The fourth-order valence-electron chi connectivity index (χ4n) is 2.39. The molecule has 0 aliphatic carbocycles. The molecule has 0 saturated heterocycles. The summed E-state index contributed by atoms with van der Waals surface area (Å²) in [7, 11) is 3.20. The molecule has 2 aromatic heterocycles. The molecule has 7 heteroatoms. The van der Waals surface area contributed by atoms with Crippen LogP contribution in [0.25, 0.3) is 0 Å². The standard InChI is InChI=1S/C16H21N3O3S/c1-9-11(3)23-15(14(9)16(21)22-5)17-13(20)7-6-12-8-19(4)18-10(12)2/h8H,6-7H2,1-5H3,(H,17,20). The molecule has 0 aliphatic rings. The number of esters is 1. The van der Waals surface area contributed by atoms with Crippen molar-refractivity contribution in [3.8, 4) is 0 Å². The quantitative estimate of drug-likeness (QED) is 0.853. The van der Waals surface area contributed by atoms with Gasteiger partial charge < -0.3 is 10.1 Å². The Hall–Kier alpha value is -2.15. The fraction of sp³-hybridized carbons (Fsp3) is 0.438. The van der Waals surface area contributed by atoms with E-state index in [-0.39, 0.29) is 5.91 Å². The molecule has 2 rings (SSSR count). The third kappa shape index (κ3) is 3.79. The second kappa shape index (κ2) is 6.95. The van der Waals surface area contributed by atoms with Crippen LogP contribution in [-0.4, -0.2) is 28.8 Å². The number of aryl methyl sites for hydroxylation is 4. The van der Waals surface area contributed by atoms with E-state index in [9.17, 15) is 9.59 Å². The van der Waals surface area contributed by atoms with Crippen molar-refractivity contribution in [2.45, 2.75) is 33.6 Å². The molecule has 2 aromatic rings. The zero-order valence-electron chi connectivity index (χ0n) is 14.0. The summed E-state index contributed by atoms with van der Waals surface area (Å²) < 4.78 is 6.55. The highest BCUT2D eigenvalue weighted by molar-refractivity contribution is 7.16. The van der Waals surface area contributed by atoms with E-state index >= 15 is 0 Å². The number of hydrogen-bond acceptors (Lipinski definition) is 5. The molecule has 2 heterocycles. The first kappa shape index (κ1) is 17.2. The van der Waals surface area contributed by atoms with Crippen LogP contribution < -0.4 is 5.32 Å². The number of anilines is 1. The van der Waals surface area contributed by atoms with Crippen molar-refractivity contribution in [1.29, 1.82) is 0 Å². The van der Waals surface area contributed by atoms with Gasteiger partial charge in [-0.25, -0.2) is 4.79 Å². The first-order valence-corrected chi connectivity index (χ1v) is 8.12. The molecular weight excluding hydrogens is 314 g/mol. The Labute approximate surface area is 139 Å². The maximum absolute atomic E-state index is 12.2. The van der Waals surface area contributed by atoms with E-state index in [2.05, 4.69) is 10.4 Å². The molecule has 0 fully saturated rings. The smallest absolute Gasteiger partial charge is 0.341 e. The number of ether oxygens (including phenoxy) is 1. The molecule has 0 radical (unpaired) electrons. The third-order valence-electron chi connectivity index (χ3n) is 3.76. The number of amides is 1. The predicted molar refractivity (Wildman–Crippen MR) is 90.0 cm³/mol. The lowest BCUT2D eigenvalue weighted by atomic mass is 10.1. The van der Waals surface area contributed by atoms with Crippen molar-refractivity contribution >= 4 is 28.2 Å². The Morgan fingerprint density at radius 3 is 2.61 bits per heavy atom. The van der Waals surface area contributed by atoms with Crippen LogP contribution in [-0.2, 0) is 23.0 Å². The van der Waals surface area contributed by atoms with E-state index in [1.54, 1.807) is 4.68 Å². The Morgan fingerprint density at radius 2 is 2.04 bits per heavy atom. The van der Waals surface area contributed by atoms with Gasteiger partial charge in [0.2, 0.25) is 5.91 Å². The Kier molecular flexibility index (Phi) is 5.20. The highest BCUT2D eigenvalue weighted by Crippen LogP contribution is 2.33. The third-order valence-corrected chi connectivity index (χ3v) is 4.89. The predicted octanol–water partition coefficient (Wildman–Crippen LogP) is 2.76. The van der Waals surface area contributed by atoms with E-state index in [4.69, 9.17) is 4.74 Å². The number of nitrogens with zero attached hydrogens (tertiary/aromatic N) is 2. The number of carbonyl (C=O) groups excluding carboxylic acids is 2. The Balaban J connectivity index is 2.07. The van der Waals surface area contributed by atoms with Crippen molar-refractivity contribution in [3.05, 3.63) is 33.5 Å². The van der Waals surface area contributed by atoms with Gasteiger partial charge in [-0.3, -0.25) is 9.48 Å². The fourth-order valence-corrected chi connectivity index (χ4v) is 3.46. The first-order valence-electron chi connectivity index (χ1n) is 7.30. The van der Waals surface area contributed by atoms with Gasteiger partial charge in [-0.1, -0.05) is 0 Å². The van der Waals surface area contributed by atoms with Gasteiger partial charge in [-0.2, -0.15) is 5.10 Å². The second-order valence-corrected chi connectivity index (χ2v) is 6.67. The minimum atomic E-state index is -0.426. The normalized spacial score (nSPS) is 10.7. The van der Waals surface area contributed by atoms with E-state index < -0.39 is 5.97 Å². The minimum absolute atomic E-state index is 0.125. The molecule has 1 N–H and O–H groups in total. The molecule has 0 unspecified atom stereocenters. The zero-order valence-corrected chi connectivity index (χ0v) is 14.8. The number of thiophene rings is 1. The molecule has 0 spiro atoms. The monoisotopic (exact) mass is 335 g/mol. The van der Waals surface area contributed by atoms with E-state index in [1.165, 1.54) is 18.4 Å². The topological polar surface area (TPSA) is 73.2 Å². The van der Waals surface area contributed by atoms with Crippen LogP contribution in [0, 0.1) is 20.8 Å². The van der Waals surface area contributed by atoms with Crippen LogP contribution in [0.3, 0.4) is 0 Å². The van der Waals surface area contributed by atoms with Crippen molar-refractivity contribution in [1.82, 2.24) is 9.78 Å². The number of rotatable bonds is 5. The molecule has 1 amide bonds. The highest BCUT2D eigenvalue weighted by atomic mass is 32.1. The van der Waals surface area contributed by atoms with E-state index in [0.717, 1.165) is 21.7 Å². The molecule has 124 valence electrons. The summed E-state index contributed by atoms with van der Waals surface area (Å²) in [4.78, 5) is 25.1. The molecular formula is C16H21N3O3S. The summed E-state index contributed by atoms with van der Waals surface area (Å²) in [5.74, 6) is -0.551. The van der Waals surface area contributed by atoms with Gasteiger partial charge in [0.25, 0.3) is 0 Å². The molecule has 0 aliphatic heterocycles.